The molecule has 2 aromatic heterocycles. The molecule has 0 radical (unpaired) electrons. The fourth-order valence-electron chi connectivity index (χ4n) is 1.61. The third kappa shape index (κ3) is 1.00. The number of nitrogens with zero attached hydrogens (tertiary/aromatic N) is 3. The number of anilines is 2. The minimum atomic E-state index is 0.269. The molecule has 1 aliphatic carbocycles. The van der Waals surface area contributed by atoms with E-state index < -0.39 is 0 Å². The predicted molar refractivity (Wildman–Crippen MR) is 52.5 cm³/mol. The van der Waals surface area contributed by atoms with Crippen LogP contribution in [0.5, 0.6) is 0 Å². The number of rotatable bonds is 1. The molecule has 0 saturated heterocycles. The number of hydrogen-bond acceptors (Lipinski definition) is 5. The van der Waals surface area contributed by atoms with E-state index in [1.165, 1.54) is 0 Å². The Kier molecular flexibility index (Phi) is 1.26. The van der Waals surface area contributed by atoms with Gasteiger partial charge in [0.05, 0.1) is 5.69 Å². The molecule has 3 rings (SSSR count). The van der Waals surface area contributed by atoms with Crippen molar-refractivity contribution >= 4 is 23.1 Å². The minimum absolute atomic E-state index is 0.269. The van der Waals surface area contributed by atoms with E-state index in [0.717, 1.165) is 24.1 Å². The largest absolute Gasteiger partial charge is 0.369 e. The number of fused-ring (bicyclic) bond motifs is 1. The smallest absolute Gasteiger partial charge is 0.222 e. The van der Waals surface area contributed by atoms with Gasteiger partial charge < -0.3 is 16.5 Å². The van der Waals surface area contributed by atoms with E-state index in [9.17, 15) is 0 Å². The number of nitrogen functional groups attached to an aromatic ring is 2. The molecular weight excluding hydrogens is 180 g/mol. The highest BCUT2D eigenvalue weighted by Gasteiger charge is 2.28. The van der Waals surface area contributed by atoms with E-state index in [2.05, 4.69) is 19.9 Å². The molecule has 1 fully saturated rings. The van der Waals surface area contributed by atoms with Gasteiger partial charge in [0.1, 0.15) is 5.52 Å². The molecule has 0 bridgehead atoms. The molecule has 2 aromatic rings. The Balaban J connectivity index is 2.33. The third-order valence-corrected chi connectivity index (χ3v) is 2.38. The second-order valence-corrected chi connectivity index (χ2v) is 3.56. The monoisotopic (exact) mass is 190 g/mol. The predicted octanol–water partition coefficient (Wildman–Crippen LogP) is 0.395. The normalized spacial score (nSPS) is 16.3. The molecule has 0 aliphatic heterocycles. The number of aromatic nitrogens is 4. The Bertz CT molecular complexity index is 498. The summed E-state index contributed by atoms with van der Waals surface area (Å²) < 4.78 is 0. The molecule has 0 aromatic carbocycles. The molecule has 6 nitrogen and oxygen atoms in total. The Morgan fingerprint density at radius 3 is 2.64 bits per heavy atom. The van der Waals surface area contributed by atoms with Crippen molar-refractivity contribution < 1.29 is 0 Å². The minimum Gasteiger partial charge on any atom is -0.369 e. The van der Waals surface area contributed by atoms with E-state index in [0.29, 0.717) is 17.5 Å². The first-order valence-corrected chi connectivity index (χ1v) is 4.52. The van der Waals surface area contributed by atoms with E-state index in [-0.39, 0.29) is 5.95 Å². The van der Waals surface area contributed by atoms with Gasteiger partial charge in [0, 0.05) is 5.92 Å². The summed E-state index contributed by atoms with van der Waals surface area (Å²) in [6.07, 6.45) is 2.31. The first kappa shape index (κ1) is 7.54. The fourth-order valence-corrected chi connectivity index (χ4v) is 1.61. The number of aromatic amines is 1. The Labute approximate surface area is 79.7 Å². The first-order chi connectivity index (χ1) is 6.74. The highest BCUT2D eigenvalue weighted by atomic mass is 15.1. The maximum atomic E-state index is 5.58. The molecule has 1 saturated carbocycles. The number of imidazole rings is 1. The van der Waals surface area contributed by atoms with Crippen molar-refractivity contribution in [3.63, 3.8) is 0 Å². The third-order valence-electron chi connectivity index (χ3n) is 2.38. The van der Waals surface area contributed by atoms with Crippen molar-refractivity contribution in [1.29, 1.82) is 0 Å². The first-order valence-electron chi connectivity index (χ1n) is 4.52. The topological polar surface area (TPSA) is 106 Å². The lowest BCUT2D eigenvalue weighted by molar-refractivity contribution is 1.02. The van der Waals surface area contributed by atoms with Crippen LogP contribution in [0.1, 0.15) is 24.5 Å². The van der Waals surface area contributed by atoms with Gasteiger partial charge in [-0.15, -0.1) is 0 Å². The Morgan fingerprint density at radius 2 is 1.93 bits per heavy atom. The summed E-state index contributed by atoms with van der Waals surface area (Å²) in [4.78, 5) is 15.2. The maximum Gasteiger partial charge on any atom is 0.222 e. The van der Waals surface area contributed by atoms with Crippen molar-refractivity contribution in [2.45, 2.75) is 18.8 Å². The average molecular weight is 190 g/mol. The molecule has 1 aliphatic rings. The maximum absolute atomic E-state index is 5.58. The van der Waals surface area contributed by atoms with Crippen LogP contribution in [0.3, 0.4) is 0 Å². The standard InChI is InChI=1S/C8H10N6/c9-7-11-4(3-1-2-3)5-6(13-7)14-8(10)12-5/h3H,1-2H2,(H5,9,10,11,12,13,14). The second-order valence-electron chi connectivity index (χ2n) is 3.56. The van der Waals surface area contributed by atoms with Gasteiger partial charge >= 0.3 is 0 Å². The lowest BCUT2D eigenvalue weighted by Crippen LogP contribution is -1.99. The van der Waals surface area contributed by atoms with E-state index in [1.807, 2.05) is 0 Å². The number of H-pyrrole nitrogens is 1. The molecule has 0 unspecified atom stereocenters. The highest BCUT2D eigenvalue weighted by Crippen LogP contribution is 2.41. The molecule has 6 heteroatoms. The van der Waals surface area contributed by atoms with Crippen LogP contribution in [0.25, 0.3) is 11.2 Å². The van der Waals surface area contributed by atoms with Crippen molar-refractivity contribution in [3.8, 4) is 0 Å². The SMILES string of the molecule is Nc1nc(C2CC2)c2[nH]c(N)nc2n1. The summed E-state index contributed by atoms with van der Waals surface area (Å²) in [5.41, 5.74) is 13.5. The van der Waals surface area contributed by atoms with Crippen LogP contribution in [-0.2, 0) is 0 Å². The van der Waals surface area contributed by atoms with Gasteiger partial charge in [-0.3, -0.25) is 0 Å². The van der Waals surface area contributed by atoms with Gasteiger partial charge in [-0.1, -0.05) is 0 Å². The summed E-state index contributed by atoms with van der Waals surface area (Å²) >= 11 is 0. The molecule has 0 amide bonds. The molecule has 0 atom stereocenters. The van der Waals surface area contributed by atoms with Gasteiger partial charge in [0.15, 0.2) is 11.6 Å². The zero-order chi connectivity index (χ0) is 9.71. The summed E-state index contributed by atoms with van der Waals surface area (Å²) in [5, 5.41) is 0. The molecular formula is C8H10N6. The van der Waals surface area contributed by atoms with Gasteiger partial charge in [-0.2, -0.15) is 9.97 Å². The van der Waals surface area contributed by atoms with Crippen LogP contribution >= 0.6 is 0 Å². The summed E-state index contributed by atoms with van der Waals surface area (Å²) in [6.45, 7) is 0. The number of nitrogens with one attached hydrogen (secondary N) is 1. The number of hydrogen-bond donors (Lipinski definition) is 3. The van der Waals surface area contributed by atoms with E-state index in [1.54, 1.807) is 0 Å². The highest BCUT2D eigenvalue weighted by molar-refractivity contribution is 5.77. The zero-order valence-electron chi connectivity index (χ0n) is 7.49. The summed E-state index contributed by atoms with van der Waals surface area (Å²) in [5.74, 6) is 1.13. The molecule has 5 N–H and O–H groups in total. The summed E-state index contributed by atoms with van der Waals surface area (Å²) in [6, 6.07) is 0. The van der Waals surface area contributed by atoms with Gasteiger partial charge in [0.2, 0.25) is 5.95 Å². The van der Waals surface area contributed by atoms with Crippen LogP contribution in [0.4, 0.5) is 11.9 Å². The Morgan fingerprint density at radius 1 is 1.14 bits per heavy atom. The van der Waals surface area contributed by atoms with Crippen molar-refractivity contribution in [2.75, 3.05) is 11.5 Å². The van der Waals surface area contributed by atoms with E-state index >= 15 is 0 Å². The van der Waals surface area contributed by atoms with Crippen LogP contribution in [0.15, 0.2) is 0 Å². The fraction of sp³-hybridized carbons (Fsp3) is 0.375. The van der Waals surface area contributed by atoms with Gasteiger partial charge in [0.25, 0.3) is 0 Å². The Hall–Kier alpha value is -1.85. The lowest BCUT2D eigenvalue weighted by Gasteiger charge is -1.99. The quantitative estimate of drug-likeness (QED) is 0.603. The van der Waals surface area contributed by atoms with Crippen molar-refractivity contribution in [3.05, 3.63) is 5.69 Å². The van der Waals surface area contributed by atoms with Crippen LogP contribution < -0.4 is 11.5 Å². The molecule has 2 heterocycles. The van der Waals surface area contributed by atoms with E-state index in [4.69, 9.17) is 11.5 Å². The van der Waals surface area contributed by atoms with Crippen LogP contribution in [-0.4, -0.2) is 19.9 Å². The van der Waals surface area contributed by atoms with Crippen LogP contribution in [0.2, 0.25) is 0 Å². The summed E-state index contributed by atoms with van der Waals surface area (Å²) in [7, 11) is 0. The average Bonchev–Trinajstić information content (AvgIpc) is 2.87. The lowest BCUT2D eigenvalue weighted by atomic mass is 10.2. The molecule has 72 valence electrons. The van der Waals surface area contributed by atoms with Gasteiger partial charge in [-0.05, 0) is 12.8 Å². The van der Waals surface area contributed by atoms with Gasteiger partial charge in [-0.25, -0.2) is 4.98 Å². The molecule has 0 spiro atoms. The molecule has 14 heavy (non-hydrogen) atoms. The number of nitrogens with two attached hydrogens (primary N) is 2. The second kappa shape index (κ2) is 2.34. The van der Waals surface area contributed by atoms with Crippen molar-refractivity contribution in [2.24, 2.45) is 0 Å². The zero-order valence-corrected chi connectivity index (χ0v) is 7.49. The van der Waals surface area contributed by atoms with Crippen molar-refractivity contribution in [1.82, 2.24) is 19.9 Å². The van der Waals surface area contributed by atoms with Crippen LogP contribution in [0, 0.1) is 0 Å².